The molecular weight excluding hydrogens is 197 g/mol. The SMILES string of the molecule is CC(=O)Nc1cncc(C(F)(F)F)c1. The van der Waals surface area contributed by atoms with Gasteiger partial charge in [0.05, 0.1) is 17.4 Å². The predicted octanol–water partition coefficient (Wildman–Crippen LogP) is 2.06. The summed E-state index contributed by atoms with van der Waals surface area (Å²) < 4.78 is 36.5. The third-order valence-electron chi connectivity index (χ3n) is 1.39. The van der Waals surface area contributed by atoms with E-state index in [0.29, 0.717) is 6.20 Å². The smallest absolute Gasteiger partial charge is 0.325 e. The van der Waals surface area contributed by atoms with Crippen molar-refractivity contribution in [3.8, 4) is 0 Å². The first-order valence-electron chi connectivity index (χ1n) is 3.69. The zero-order valence-corrected chi connectivity index (χ0v) is 7.22. The summed E-state index contributed by atoms with van der Waals surface area (Å²) in [5.74, 6) is -0.439. The Kier molecular flexibility index (Phi) is 2.73. The number of alkyl halides is 3. The Bertz CT molecular complexity index is 349. The highest BCUT2D eigenvalue weighted by molar-refractivity contribution is 5.88. The van der Waals surface area contributed by atoms with Crippen LogP contribution in [0, 0.1) is 0 Å². The minimum Gasteiger partial charge on any atom is -0.325 e. The van der Waals surface area contributed by atoms with Gasteiger partial charge >= 0.3 is 6.18 Å². The Hall–Kier alpha value is -1.59. The Morgan fingerprint density at radius 1 is 1.43 bits per heavy atom. The molecule has 0 radical (unpaired) electrons. The molecule has 1 amide bonds. The van der Waals surface area contributed by atoms with Crippen LogP contribution in [0.3, 0.4) is 0 Å². The number of hydrogen-bond donors (Lipinski definition) is 1. The van der Waals surface area contributed by atoms with Crippen molar-refractivity contribution in [3.05, 3.63) is 24.0 Å². The fraction of sp³-hybridized carbons (Fsp3) is 0.250. The Morgan fingerprint density at radius 3 is 2.57 bits per heavy atom. The zero-order valence-electron chi connectivity index (χ0n) is 7.22. The molecule has 0 aliphatic heterocycles. The fourth-order valence-corrected chi connectivity index (χ4v) is 0.867. The van der Waals surface area contributed by atoms with E-state index in [1.807, 2.05) is 0 Å². The molecule has 14 heavy (non-hydrogen) atoms. The normalized spacial score (nSPS) is 11.1. The van der Waals surface area contributed by atoms with Crippen molar-refractivity contribution >= 4 is 11.6 Å². The highest BCUT2D eigenvalue weighted by Gasteiger charge is 2.31. The van der Waals surface area contributed by atoms with Gasteiger partial charge in [-0.2, -0.15) is 13.2 Å². The first kappa shape index (κ1) is 10.5. The van der Waals surface area contributed by atoms with Gasteiger partial charge in [0.1, 0.15) is 0 Å². The number of carbonyl (C=O) groups is 1. The van der Waals surface area contributed by atoms with E-state index in [1.165, 1.54) is 6.92 Å². The minimum atomic E-state index is -4.44. The number of amides is 1. The molecule has 0 saturated heterocycles. The molecule has 76 valence electrons. The quantitative estimate of drug-likeness (QED) is 0.760. The third-order valence-corrected chi connectivity index (χ3v) is 1.39. The van der Waals surface area contributed by atoms with E-state index < -0.39 is 17.6 Å². The monoisotopic (exact) mass is 204 g/mol. The summed E-state index contributed by atoms with van der Waals surface area (Å²) in [5.41, 5.74) is -0.851. The molecule has 0 aliphatic carbocycles. The van der Waals surface area contributed by atoms with Gasteiger partial charge in [-0.3, -0.25) is 9.78 Å². The van der Waals surface area contributed by atoms with E-state index >= 15 is 0 Å². The molecule has 0 atom stereocenters. The van der Waals surface area contributed by atoms with Crippen molar-refractivity contribution < 1.29 is 18.0 Å². The molecule has 0 aromatic carbocycles. The van der Waals surface area contributed by atoms with Gasteiger partial charge in [-0.1, -0.05) is 0 Å². The van der Waals surface area contributed by atoms with Crippen LogP contribution >= 0.6 is 0 Å². The van der Waals surface area contributed by atoms with Crippen molar-refractivity contribution in [3.63, 3.8) is 0 Å². The van der Waals surface area contributed by atoms with Crippen LogP contribution < -0.4 is 5.32 Å². The number of aromatic nitrogens is 1. The van der Waals surface area contributed by atoms with Crippen LogP contribution in [0.2, 0.25) is 0 Å². The lowest BCUT2D eigenvalue weighted by molar-refractivity contribution is -0.137. The topological polar surface area (TPSA) is 42.0 Å². The highest BCUT2D eigenvalue weighted by atomic mass is 19.4. The molecule has 1 heterocycles. The summed E-state index contributed by atoms with van der Waals surface area (Å²) in [7, 11) is 0. The molecule has 1 aromatic heterocycles. The summed E-state index contributed by atoms with van der Waals surface area (Å²) in [6.07, 6.45) is -2.59. The summed E-state index contributed by atoms with van der Waals surface area (Å²) in [4.78, 5) is 13.9. The molecule has 3 nitrogen and oxygen atoms in total. The molecule has 1 N–H and O–H groups in total. The molecule has 0 spiro atoms. The van der Waals surface area contributed by atoms with Gasteiger partial charge in [0, 0.05) is 13.1 Å². The van der Waals surface area contributed by atoms with Crippen molar-refractivity contribution in [1.29, 1.82) is 0 Å². The largest absolute Gasteiger partial charge is 0.417 e. The number of hydrogen-bond acceptors (Lipinski definition) is 2. The van der Waals surface area contributed by atoms with Gasteiger partial charge in [0.25, 0.3) is 0 Å². The minimum absolute atomic E-state index is 0.0346. The highest BCUT2D eigenvalue weighted by Crippen LogP contribution is 2.29. The summed E-state index contributed by atoms with van der Waals surface area (Å²) in [5, 5.41) is 2.22. The molecule has 0 fully saturated rings. The van der Waals surface area contributed by atoms with E-state index in [2.05, 4.69) is 10.3 Å². The first-order valence-corrected chi connectivity index (χ1v) is 3.69. The average molecular weight is 204 g/mol. The molecule has 1 aromatic rings. The second-order valence-electron chi connectivity index (χ2n) is 2.64. The lowest BCUT2D eigenvalue weighted by atomic mass is 10.2. The van der Waals surface area contributed by atoms with E-state index in [4.69, 9.17) is 0 Å². The zero-order chi connectivity index (χ0) is 10.8. The van der Waals surface area contributed by atoms with Gasteiger partial charge in [-0.15, -0.1) is 0 Å². The van der Waals surface area contributed by atoms with E-state index in [9.17, 15) is 18.0 Å². The fourth-order valence-electron chi connectivity index (χ4n) is 0.867. The number of rotatable bonds is 1. The van der Waals surface area contributed by atoms with Crippen molar-refractivity contribution in [2.75, 3.05) is 5.32 Å². The second kappa shape index (κ2) is 3.65. The van der Waals surface area contributed by atoms with Crippen LogP contribution in [0.1, 0.15) is 12.5 Å². The number of pyridine rings is 1. The van der Waals surface area contributed by atoms with E-state index in [-0.39, 0.29) is 5.69 Å². The predicted molar refractivity (Wildman–Crippen MR) is 43.5 cm³/mol. The Labute approximate surface area is 78.0 Å². The number of nitrogens with one attached hydrogen (secondary N) is 1. The van der Waals surface area contributed by atoms with Crippen LogP contribution in [0.15, 0.2) is 18.5 Å². The summed E-state index contributed by atoms with van der Waals surface area (Å²) in [6.45, 7) is 1.21. The maximum atomic E-state index is 12.2. The number of nitrogens with zero attached hydrogens (tertiary/aromatic N) is 1. The third kappa shape index (κ3) is 2.72. The van der Waals surface area contributed by atoms with Gasteiger partial charge in [0.15, 0.2) is 0 Å². The molecular formula is C8H7F3N2O. The van der Waals surface area contributed by atoms with E-state index in [0.717, 1.165) is 12.3 Å². The van der Waals surface area contributed by atoms with Gasteiger partial charge in [0.2, 0.25) is 5.91 Å². The lowest BCUT2D eigenvalue weighted by Gasteiger charge is -2.07. The Balaban J connectivity index is 2.95. The maximum absolute atomic E-state index is 12.2. The summed E-state index contributed by atoms with van der Waals surface area (Å²) in [6, 6.07) is 0.828. The van der Waals surface area contributed by atoms with Crippen LogP contribution in [-0.4, -0.2) is 10.9 Å². The molecule has 1 rings (SSSR count). The van der Waals surface area contributed by atoms with Gasteiger partial charge in [-0.25, -0.2) is 0 Å². The standard InChI is InChI=1S/C8H7F3N2O/c1-5(14)13-7-2-6(3-12-4-7)8(9,10)11/h2-4H,1H3,(H,13,14). The lowest BCUT2D eigenvalue weighted by Crippen LogP contribution is -2.09. The summed E-state index contributed by atoms with van der Waals surface area (Å²) >= 11 is 0. The van der Waals surface area contributed by atoms with Gasteiger partial charge in [-0.05, 0) is 6.07 Å². The number of halogens is 3. The Morgan fingerprint density at radius 2 is 2.07 bits per heavy atom. The average Bonchev–Trinajstić information content (AvgIpc) is 2.01. The first-order chi connectivity index (χ1) is 6.39. The van der Waals surface area contributed by atoms with Gasteiger partial charge < -0.3 is 5.32 Å². The van der Waals surface area contributed by atoms with Crippen LogP contribution in [0.4, 0.5) is 18.9 Å². The van der Waals surface area contributed by atoms with Crippen LogP contribution in [-0.2, 0) is 11.0 Å². The van der Waals surface area contributed by atoms with Crippen molar-refractivity contribution in [2.45, 2.75) is 13.1 Å². The molecule has 6 heteroatoms. The molecule has 0 saturated carbocycles. The molecule has 0 unspecified atom stereocenters. The number of carbonyl (C=O) groups excluding carboxylic acids is 1. The van der Waals surface area contributed by atoms with Crippen molar-refractivity contribution in [1.82, 2.24) is 4.98 Å². The van der Waals surface area contributed by atoms with Crippen LogP contribution in [0.25, 0.3) is 0 Å². The van der Waals surface area contributed by atoms with Crippen molar-refractivity contribution in [2.24, 2.45) is 0 Å². The number of anilines is 1. The van der Waals surface area contributed by atoms with Crippen LogP contribution in [0.5, 0.6) is 0 Å². The van der Waals surface area contributed by atoms with E-state index in [1.54, 1.807) is 0 Å². The molecule has 0 bridgehead atoms. The second-order valence-corrected chi connectivity index (χ2v) is 2.64. The molecule has 0 aliphatic rings. The maximum Gasteiger partial charge on any atom is 0.417 e.